The van der Waals surface area contributed by atoms with Gasteiger partial charge in [-0.3, -0.25) is 14.8 Å². The van der Waals surface area contributed by atoms with Crippen LogP contribution in [0.1, 0.15) is 65.9 Å². The number of ketones is 1. The lowest BCUT2D eigenvalue weighted by atomic mass is 9.75. The minimum absolute atomic E-state index is 0.0101. The lowest BCUT2D eigenvalue weighted by molar-refractivity contribution is 0.103. The van der Waals surface area contributed by atoms with Gasteiger partial charge in [0.1, 0.15) is 0 Å². The van der Waals surface area contributed by atoms with Crippen LogP contribution in [-0.2, 0) is 10.8 Å². The third-order valence-electron chi connectivity index (χ3n) is 10.8. The average molecular weight is 595 g/mol. The highest BCUT2D eigenvalue weighted by atomic mass is 16.1. The van der Waals surface area contributed by atoms with Crippen LogP contribution in [0.2, 0.25) is 0 Å². The highest BCUT2D eigenvalue weighted by Gasteiger charge is 2.37. The van der Waals surface area contributed by atoms with Gasteiger partial charge in [0.15, 0.2) is 5.78 Å². The van der Waals surface area contributed by atoms with Gasteiger partial charge < -0.3 is 9.13 Å². The summed E-state index contributed by atoms with van der Waals surface area (Å²) >= 11 is 0. The van der Waals surface area contributed by atoms with Gasteiger partial charge in [-0.15, -0.1) is 0 Å². The fourth-order valence-electron chi connectivity index (χ4n) is 8.48. The second-order valence-electron chi connectivity index (χ2n) is 13.9. The normalized spacial score (nSPS) is 15.4. The molecule has 220 valence electrons. The van der Waals surface area contributed by atoms with E-state index in [4.69, 9.17) is 9.97 Å². The van der Waals surface area contributed by atoms with Crippen LogP contribution in [-0.4, -0.2) is 24.9 Å². The molecule has 6 heterocycles. The van der Waals surface area contributed by atoms with Crippen LogP contribution in [0.5, 0.6) is 0 Å². The second-order valence-corrected chi connectivity index (χ2v) is 13.9. The zero-order valence-corrected chi connectivity index (χ0v) is 26.1. The fourth-order valence-corrected chi connectivity index (χ4v) is 8.48. The van der Waals surface area contributed by atoms with Crippen molar-refractivity contribution in [1.29, 1.82) is 0 Å². The molecule has 0 bridgehead atoms. The monoisotopic (exact) mass is 594 g/mol. The Balaban J connectivity index is 1.17. The van der Waals surface area contributed by atoms with Gasteiger partial charge in [0, 0.05) is 45.1 Å². The van der Waals surface area contributed by atoms with Crippen LogP contribution in [0.25, 0.3) is 55.2 Å². The SMILES string of the molecule is CC1(C)c2ccccc2-n2c3ccc(C(=O)c4ccc5c(c4)c4nccc6c4n5-c4ccccc4C6(C)C)cc3c3nccc1c32. The van der Waals surface area contributed by atoms with E-state index in [0.717, 1.165) is 43.9 Å². The Morgan fingerprint density at radius 1 is 0.543 bits per heavy atom. The Bertz CT molecular complexity index is 2480. The highest BCUT2D eigenvalue weighted by molar-refractivity contribution is 6.18. The Morgan fingerprint density at radius 2 is 0.978 bits per heavy atom. The van der Waals surface area contributed by atoms with Gasteiger partial charge in [0.25, 0.3) is 0 Å². The zero-order valence-electron chi connectivity index (χ0n) is 26.1. The minimum Gasteiger partial charge on any atom is -0.307 e. The van der Waals surface area contributed by atoms with Gasteiger partial charge in [0.2, 0.25) is 0 Å². The summed E-state index contributed by atoms with van der Waals surface area (Å²) < 4.78 is 4.65. The first-order valence-electron chi connectivity index (χ1n) is 15.9. The molecule has 0 saturated carbocycles. The van der Waals surface area contributed by atoms with Gasteiger partial charge in [-0.25, -0.2) is 0 Å². The molecular formula is C41H30N4O. The first kappa shape index (κ1) is 25.7. The number of rotatable bonds is 2. The van der Waals surface area contributed by atoms with Crippen LogP contribution in [0.15, 0.2) is 109 Å². The standard InChI is InChI=1S/C41H30N4O/c1-40(2)27-9-5-7-11-33(27)44-31-15-13-23(21-25(31)35-37(44)29(40)17-19-42-35)39(46)24-14-16-32-26(22-24)36-38-30(18-20-43-36)41(3,4)28-10-6-8-12-34(28)45(32)38/h5-22H,1-4H3. The van der Waals surface area contributed by atoms with Crippen LogP contribution in [0.3, 0.4) is 0 Å². The predicted octanol–water partition coefficient (Wildman–Crippen LogP) is 9.18. The number of fused-ring (bicyclic) bond motifs is 10. The number of carbonyl (C=O) groups is 1. The summed E-state index contributed by atoms with van der Waals surface area (Å²) in [6.07, 6.45) is 3.81. The molecule has 46 heavy (non-hydrogen) atoms. The Labute approximate surface area is 265 Å². The Kier molecular flexibility index (Phi) is 4.69. The Hall–Kier alpha value is -5.55. The maximum Gasteiger partial charge on any atom is 0.193 e. The van der Waals surface area contributed by atoms with E-state index in [-0.39, 0.29) is 16.6 Å². The second kappa shape index (κ2) is 8.38. The van der Waals surface area contributed by atoms with Crippen molar-refractivity contribution in [2.45, 2.75) is 38.5 Å². The lowest BCUT2D eigenvalue weighted by Crippen LogP contribution is -2.26. The number of pyridine rings is 2. The first-order chi connectivity index (χ1) is 22.3. The zero-order chi connectivity index (χ0) is 31.1. The van der Waals surface area contributed by atoms with Gasteiger partial charge in [-0.05, 0) is 82.9 Å². The maximum absolute atomic E-state index is 14.3. The number of benzene rings is 4. The van der Waals surface area contributed by atoms with Crippen molar-refractivity contribution < 1.29 is 4.79 Å². The summed E-state index contributed by atoms with van der Waals surface area (Å²) in [5, 5.41) is 1.98. The average Bonchev–Trinajstić information content (AvgIpc) is 3.59. The molecule has 0 spiro atoms. The molecule has 2 aliphatic heterocycles. The molecular weight excluding hydrogens is 564 g/mol. The molecule has 8 aromatic rings. The van der Waals surface area contributed by atoms with Gasteiger partial charge in [-0.2, -0.15) is 0 Å². The maximum atomic E-state index is 14.3. The molecule has 5 nitrogen and oxygen atoms in total. The number of nitrogens with zero attached hydrogens (tertiary/aromatic N) is 4. The molecule has 0 radical (unpaired) electrons. The summed E-state index contributed by atoms with van der Waals surface area (Å²) in [4.78, 5) is 24.0. The first-order valence-corrected chi connectivity index (χ1v) is 15.9. The van der Waals surface area contributed by atoms with Crippen LogP contribution >= 0.6 is 0 Å². The molecule has 0 fully saturated rings. The number of para-hydroxylation sites is 2. The molecule has 2 aliphatic rings. The van der Waals surface area contributed by atoms with E-state index in [9.17, 15) is 4.79 Å². The number of hydrogen-bond donors (Lipinski definition) is 0. The van der Waals surface area contributed by atoms with Crippen molar-refractivity contribution in [3.05, 3.63) is 143 Å². The van der Waals surface area contributed by atoms with E-state index in [1.165, 1.54) is 33.6 Å². The van der Waals surface area contributed by atoms with E-state index < -0.39 is 0 Å². The number of hydrogen-bond acceptors (Lipinski definition) is 3. The summed E-state index contributed by atoms with van der Waals surface area (Å²) in [6.45, 7) is 9.12. The van der Waals surface area contributed by atoms with E-state index in [1.807, 2.05) is 36.7 Å². The van der Waals surface area contributed by atoms with Gasteiger partial charge >= 0.3 is 0 Å². The van der Waals surface area contributed by atoms with Gasteiger partial charge in [-0.1, -0.05) is 64.1 Å². The molecule has 0 aliphatic carbocycles. The third-order valence-corrected chi connectivity index (χ3v) is 10.8. The summed E-state index contributed by atoms with van der Waals surface area (Å²) in [6, 6.07) is 33.7. The highest BCUT2D eigenvalue weighted by Crippen LogP contribution is 2.48. The number of carbonyl (C=O) groups excluding carboxylic acids is 1. The molecule has 4 aromatic carbocycles. The van der Waals surface area contributed by atoms with E-state index in [0.29, 0.717) is 11.1 Å². The van der Waals surface area contributed by atoms with E-state index >= 15 is 0 Å². The summed E-state index contributed by atoms with van der Waals surface area (Å²) in [5.41, 5.74) is 14.6. The molecule has 0 amide bonds. The van der Waals surface area contributed by atoms with Gasteiger partial charge in [0.05, 0.1) is 44.5 Å². The fraction of sp³-hybridized carbons (Fsp3) is 0.146. The molecule has 10 rings (SSSR count). The van der Waals surface area contributed by atoms with Crippen molar-refractivity contribution in [3.63, 3.8) is 0 Å². The van der Waals surface area contributed by atoms with Crippen molar-refractivity contribution in [2.24, 2.45) is 0 Å². The van der Waals surface area contributed by atoms with Crippen molar-refractivity contribution in [3.8, 4) is 11.4 Å². The Morgan fingerprint density at radius 3 is 1.43 bits per heavy atom. The van der Waals surface area contributed by atoms with E-state index in [2.05, 4.69) is 110 Å². The van der Waals surface area contributed by atoms with E-state index in [1.54, 1.807) is 0 Å². The van der Waals surface area contributed by atoms with Crippen molar-refractivity contribution >= 4 is 49.7 Å². The summed E-state index contributed by atoms with van der Waals surface area (Å²) in [5.74, 6) is -0.0101. The molecule has 0 atom stereocenters. The summed E-state index contributed by atoms with van der Waals surface area (Å²) in [7, 11) is 0. The van der Waals surface area contributed by atoms with Crippen molar-refractivity contribution in [2.75, 3.05) is 0 Å². The molecule has 0 unspecified atom stereocenters. The van der Waals surface area contributed by atoms with Crippen LogP contribution in [0.4, 0.5) is 0 Å². The van der Waals surface area contributed by atoms with Crippen LogP contribution < -0.4 is 0 Å². The smallest absolute Gasteiger partial charge is 0.193 e. The minimum atomic E-state index is -0.166. The predicted molar refractivity (Wildman–Crippen MR) is 185 cm³/mol. The van der Waals surface area contributed by atoms with Crippen LogP contribution in [0, 0.1) is 0 Å². The molecule has 5 heteroatoms. The lowest BCUT2D eigenvalue weighted by Gasteiger charge is -2.34. The molecule has 0 N–H and O–H groups in total. The quantitative estimate of drug-likeness (QED) is 0.188. The molecule has 0 saturated heterocycles. The number of aromatic nitrogens is 4. The molecule has 4 aromatic heterocycles. The van der Waals surface area contributed by atoms with Crippen molar-refractivity contribution in [1.82, 2.24) is 19.1 Å². The topological polar surface area (TPSA) is 52.7 Å². The largest absolute Gasteiger partial charge is 0.307 e. The third kappa shape index (κ3) is 2.98.